The molecule has 2 aliphatic heterocycles. The Morgan fingerprint density at radius 1 is 1.00 bits per heavy atom. The number of fused-ring (bicyclic) bond motifs is 6. The van der Waals surface area contributed by atoms with Gasteiger partial charge in [0, 0.05) is 30.8 Å². The number of carbonyl (C=O) groups is 1. The van der Waals surface area contributed by atoms with Crippen LogP contribution in [-0.4, -0.2) is 52.9 Å². The van der Waals surface area contributed by atoms with Gasteiger partial charge in [-0.3, -0.25) is 0 Å². The zero-order valence-electron chi connectivity index (χ0n) is 17.7. The lowest BCUT2D eigenvalue weighted by Gasteiger charge is -2.26. The first kappa shape index (κ1) is 19.3. The molecular weight excluding hydrogens is 402 g/mol. The summed E-state index contributed by atoms with van der Waals surface area (Å²) in [7, 11) is 0. The van der Waals surface area contributed by atoms with Crippen LogP contribution in [0.3, 0.4) is 0 Å². The quantitative estimate of drug-likeness (QED) is 0.674. The minimum atomic E-state index is -0.405. The fraction of sp³-hybridized carbons (Fsp3) is 0.308. The Bertz CT molecular complexity index is 1130. The second kappa shape index (κ2) is 7.64. The Morgan fingerprint density at radius 2 is 1.72 bits per heavy atom. The largest absolute Gasteiger partial charge is 0.448 e. The van der Waals surface area contributed by atoms with Crippen LogP contribution in [0.1, 0.15) is 29.0 Å². The summed E-state index contributed by atoms with van der Waals surface area (Å²) in [4.78, 5) is 21.7. The number of hydrogen-bond acceptors (Lipinski definition) is 5. The van der Waals surface area contributed by atoms with Gasteiger partial charge < -0.3 is 19.6 Å². The van der Waals surface area contributed by atoms with E-state index in [-0.39, 0.29) is 18.1 Å². The smallest absolute Gasteiger partial charge is 0.410 e. The summed E-state index contributed by atoms with van der Waals surface area (Å²) in [5.41, 5.74) is 5.83. The van der Waals surface area contributed by atoms with Crippen molar-refractivity contribution in [2.45, 2.75) is 31.0 Å². The number of aliphatic hydroxyl groups excluding tert-OH is 1. The normalized spacial score (nSPS) is 21.4. The molecule has 1 fully saturated rings. The summed E-state index contributed by atoms with van der Waals surface area (Å²) in [6.45, 7) is 1.83. The van der Waals surface area contributed by atoms with Crippen molar-refractivity contribution < 1.29 is 14.6 Å². The lowest BCUT2D eigenvalue weighted by Crippen LogP contribution is -2.40. The van der Waals surface area contributed by atoms with E-state index in [1.54, 1.807) is 11.1 Å². The molecule has 2 aromatic carbocycles. The first-order valence-corrected chi connectivity index (χ1v) is 11.2. The summed E-state index contributed by atoms with van der Waals surface area (Å²) in [6.07, 6.45) is 1.68. The maximum absolute atomic E-state index is 13.2. The van der Waals surface area contributed by atoms with Crippen molar-refractivity contribution in [3.05, 3.63) is 83.6 Å². The monoisotopic (exact) mass is 427 g/mol. The lowest BCUT2D eigenvalue weighted by molar-refractivity contribution is 0.0948. The molecule has 1 amide bonds. The molecule has 32 heavy (non-hydrogen) atoms. The molecule has 6 nitrogen and oxygen atoms in total. The van der Waals surface area contributed by atoms with E-state index in [2.05, 4.69) is 46.3 Å². The number of aliphatic hydroxyl groups is 1. The molecule has 1 N–H and O–H groups in total. The molecule has 1 aromatic heterocycles. The molecule has 3 aliphatic rings. The van der Waals surface area contributed by atoms with E-state index in [9.17, 15) is 9.90 Å². The summed E-state index contributed by atoms with van der Waals surface area (Å²) < 4.78 is 5.91. The number of carbonyl (C=O) groups excluding carboxylic acids is 1. The van der Waals surface area contributed by atoms with Gasteiger partial charge in [-0.1, -0.05) is 54.6 Å². The van der Waals surface area contributed by atoms with E-state index in [1.807, 2.05) is 24.3 Å². The van der Waals surface area contributed by atoms with Gasteiger partial charge in [-0.15, -0.1) is 0 Å². The van der Waals surface area contributed by atoms with Gasteiger partial charge in [-0.2, -0.15) is 0 Å². The highest BCUT2D eigenvalue weighted by atomic mass is 16.6. The molecule has 1 saturated heterocycles. The Hall–Kier alpha value is -3.38. The average molecular weight is 428 g/mol. The molecule has 6 heteroatoms. The molecule has 3 aromatic rings. The molecule has 1 aliphatic carbocycles. The third kappa shape index (κ3) is 3.14. The van der Waals surface area contributed by atoms with Gasteiger partial charge in [0.15, 0.2) is 0 Å². The second-order valence-electron chi connectivity index (χ2n) is 8.87. The number of ether oxygens (including phenoxy) is 1. The molecule has 3 heterocycles. The number of aromatic nitrogens is 1. The Labute approximate surface area is 187 Å². The van der Waals surface area contributed by atoms with E-state index in [1.165, 1.54) is 22.3 Å². The highest BCUT2D eigenvalue weighted by molar-refractivity contribution is 5.79. The van der Waals surface area contributed by atoms with Crippen molar-refractivity contribution in [2.75, 3.05) is 24.6 Å². The Kier molecular flexibility index (Phi) is 4.61. The lowest BCUT2D eigenvalue weighted by atomic mass is 9.98. The third-order valence-electron chi connectivity index (χ3n) is 6.92. The second-order valence-corrected chi connectivity index (χ2v) is 8.87. The van der Waals surface area contributed by atoms with Crippen molar-refractivity contribution in [2.24, 2.45) is 0 Å². The topological polar surface area (TPSA) is 65.9 Å². The van der Waals surface area contributed by atoms with Crippen LogP contribution < -0.4 is 4.90 Å². The zero-order valence-corrected chi connectivity index (χ0v) is 17.7. The predicted octanol–water partition coefficient (Wildman–Crippen LogP) is 3.79. The summed E-state index contributed by atoms with van der Waals surface area (Å²) in [5, 5.41) is 10.2. The maximum Gasteiger partial charge on any atom is 0.410 e. The molecule has 0 bridgehead atoms. The standard InChI is InChI=1S/C26H25N3O3/c30-19-12-18-14-28(13-17-6-5-11-27-25(17)29(18)15-19)26(31)32-16-24-22-9-3-1-7-20(22)21-8-2-4-10-23(21)24/h1-11,18-19,24,30H,12-16H2/t18-,19-/m1/s1. The van der Waals surface area contributed by atoms with E-state index < -0.39 is 6.10 Å². The fourth-order valence-corrected chi connectivity index (χ4v) is 5.49. The van der Waals surface area contributed by atoms with Gasteiger partial charge in [0.05, 0.1) is 18.7 Å². The number of amides is 1. The van der Waals surface area contributed by atoms with Gasteiger partial charge in [-0.05, 0) is 34.7 Å². The van der Waals surface area contributed by atoms with E-state index >= 15 is 0 Å². The molecule has 0 unspecified atom stereocenters. The van der Waals surface area contributed by atoms with E-state index in [4.69, 9.17) is 4.74 Å². The number of hydrogen-bond donors (Lipinski definition) is 1. The number of anilines is 1. The highest BCUT2D eigenvalue weighted by Crippen LogP contribution is 2.44. The van der Waals surface area contributed by atoms with E-state index in [0.717, 1.165) is 11.4 Å². The first-order chi connectivity index (χ1) is 15.7. The van der Waals surface area contributed by atoms with Crippen LogP contribution in [-0.2, 0) is 11.3 Å². The molecule has 2 atom stereocenters. The van der Waals surface area contributed by atoms with Crippen LogP contribution in [0, 0.1) is 0 Å². The fourth-order valence-electron chi connectivity index (χ4n) is 5.49. The Balaban J connectivity index is 1.23. The molecule has 0 radical (unpaired) electrons. The Morgan fingerprint density at radius 3 is 2.47 bits per heavy atom. The van der Waals surface area contributed by atoms with E-state index in [0.29, 0.717) is 32.7 Å². The number of rotatable bonds is 2. The predicted molar refractivity (Wildman–Crippen MR) is 121 cm³/mol. The summed E-state index contributed by atoms with van der Waals surface area (Å²) in [5.74, 6) is 0.903. The van der Waals surface area contributed by atoms with Gasteiger partial charge in [-0.25, -0.2) is 9.78 Å². The van der Waals surface area contributed by atoms with Gasteiger partial charge in [0.2, 0.25) is 0 Å². The van der Waals surface area contributed by atoms with Crippen LogP contribution in [0.4, 0.5) is 10.6 Å². The minimum Gasteiger partial charge on any atom is -0.448 e. The minimum absolute atomic E-state index is 0.0390. The SMILES string of the molecule is O=C(OCC1c2ccccc2-c2ccccc21)N1Cc2cccnc2N2C[C@H](O)C[C@@H]2C1. The number of benzene rings is 2. The average Bonchev–Trinajstić information content (AvgIpc) is 3.30. The van der Waals surface area contributed by atoms with Crippen LogP contribution in [0.15, 0.2) is 66.9 Å². The van der Waals surface area contributed by atoms with Crippen LogP contribution >= 0.6 is 0 Å². The van der Waals surface area contributed by atoms with Crippen molar-refractivity contribution in [3.8, 4) is 11.1 Å². The van der Waals surface area contributed by atoms with Crippen molar-refractivity contribution in [1.82, 2.24) is 9.88 Å². The summed E-state index contributed by atoms with van der Waals surface area (Å²) >= 11 is 0. The molecule has 0 saturated carbocycles. The van der Waals surface area contributed by atoms with Crippen LogP contribution in [0.5, 0.6) is 0 Å². The van der Waals surface area contributed by atoms with Gasteiger partial charge in [0.25, 0.3) is 0 Å². The van der Waals surface area contributed by atoms with Crippen LogP contribution in [0.2, 0.25) is 0 Å². The number of nitrogens with zero attached hydrogens (tertiary/aromatic N) is 3. The zero-order chi connectivity index (χ0) is 21.7. The summed E-state index contributed by atoms with van der Waals surface area (Å²) in [6, 6.07) is 20.6. The molecule has 6 rings (SSSR count). The number of pyridine rings is 1. The van der Waals surface area contributed by atoms with Crippen molar-refractivity contribution in [3.63, 3.8) is 0 Å². The molecule has 0 spiro atoms. The third-order valence-corrected chi connectivity index (χ3v) is 6.92. The first-order valence-electron chi connectivity index (χ1n) is 11.2. The van der Waals surface area contributed by atoms with Crippen molar-refractivity contribution in [1.29, 1.82) is 0 Å². The van der Waals surface area contributed by atoms with Crippen LogP contribution in [0.25, 0.3) is 11.1 Å². The maximum atomic E-state index is 13.2. The molecular formula is C26H25N3O3. The molecule has 162 valence electrons. The highest BCUT2D eigenvalue weighted by Gasteiger charge is 2.38. The van der Waals surface area contributed by atoms with Gasteiger partial charge in [0.1, 0.15) is 12.4 Å². The van der Waals surface area contributed by atoms with Gasteiger partial charge >= 0.3 is 6.09 Å². The van der Waals surface area contributed by atoms with Crippen molar-refractivity contribution >= 4 is 11.9 Å².